The van der Waals surface area contributed by atoms with Crippen molar-refractivity contribution in [1.82, 2.24) is 4.31 Å². The third kappa shape index (κ3) is 2.60. The number of sulfonamides is 1. The van der Waals surface area contributed by atoms with E-state index in [9.17, 15) is 13.2 Å². The van der Waals surface area contributed by atoms with Gasteiger partial charge in [0.1, 0.15) is 11.1 Å². The number of nitriles is 1. The third-order valence-electron chi connectivity index (χ3n) is 3.02. The summed E-state index contributed by atoms with van der Waals surface area (Å²) in [6.07, 6.45) is 1.70. The second-order valence-corrected chi connectivity index (χ2v) is 6.48. The molecule has 104 valence electrons. The fraction of sp³-hybridized carbons (Fsp3) is 0.333. The molecule has 0 saturated carbocycles. The van der Waals surface area contributed by atoms with Crippen LogP contribution in [0.25, 0.3) is 0 Å². The Hall–Kier alpha value is -1.71. The average molecular weight is 312 g/mol. The second kappa shape index (κ2) is 5.73. The first-order valence-corrected chi connectivity index (χ1v) is 7.61. The maximum atomic E-state index is 12.6. The molecule has 6 nitrogen and oxygen atoms in total. The van der Waals surface area contributed by atoms with Gasteiger partial charge >= 0.3 is 0 Å². The summed E-state index contributed by atoms with van der Waals surface area (Å²) >= 11 is 5.92. The average Bonchev–Trinajstić information content (AvgIpc) is 2.88. The third-order valence-corrected chi connectivity index (χ3v) is 5.40. The van der Waals surface area contributed by atoms with Gasteiger partial charge < -0.3 is 0 Å². The highest BCUT2D eigenvalue weighted by Gasteiger charge is 2.36. The smallest absolute Gasteiger partial charge is 0.211 e. The predicted octanol–water partition coefficient (Wildman–Crippen LogP) is 1.66. The number of nitrogens with zero attached hydrogens (tertiary/aromatic N) is 3. The van der Waals surface area contributed by atoms with Gasteiger partial charge in [0.05, 0.1) is 16.7 Å². The summed E-state index contributed by atoms with van der Waals surface area (Å²) in [7, 11) is -3.90. The number of aliphatic imine (C=N–C) groups is 1. The Bertz CT molecular complexity index is 720. The van der Waals surface area contributed by atoms with Crippen LogP contribution in [0.3, 0.4) is 0 Å². The van der Waals surface area contributed by atoms with Crippen molar-refractivity contribution >= 4 is 27.7 Å². The summed E-state index contributed by atoms with van der Waals surface area (Å²) in [5.74, 6) is 0. The van der Waals surface area contributed by atoms with Gasteiger partial charge in [-0.15, -0.1) is 0 Å². The number of halogens is 1. The maximum absolute atomic E-state index is 12.6. The largest absolute Gasteiger partial charge is 0.246 e. The van der Waals surface area contributed by atoms with Crippen LogP contribution >= 0.6 is 11.6 Å². The molecule has 8 heteroatoms. The molecule has 0 aliphatic carbocycles. The minimum atomic E-state index is -3.90. The van der Waals surface area contributed by atoms with E-state index in [0.29, 0.717) is 12.8 Å². The first kappa shape index (κ1) is 14.7. The van der Waals surface area contributed by atoms with Gasteiger partial charge in [-0.3, -0.25) is 0 Å². The Balaban J connectivity index is 2.50. The molecule has 1 aliphatic heterocycles. The normalized spacial score (nSPS) is 19.3. The van der Waals surface area contributed by atoms with Gasteiger partial charge in [0.25, 0.3) is 0 Å². The van der Waals surface area contributed by atoms with E-state index in [0.717, 1.165) is 4.31 Å². The lowest BCUT2D eigenvalue weighted by Crippen LogP contribution is -2.34. The van der Waals surface area contributed by atoms with Crippen LogP contribution in [0.4, 0.5) is 0 Å². The highest BCUT2D eigenvalue weighted by Crippen LogP contribution is 2.31. The van der Waals surface area contributed by atoms with E-state index in [-0.39, 0.29) is 22.0 Å². The summed E-state index contributed by atoms with van der Waals surface area (Å²) in [5, 5.41) is 8.88. The van der Waals surface area contributed by atoms with E-state index in [1.54, 1.807) is 0 Å². The lowest BCUT2D eigenvalue weighted by molar-refractivity contribution is 0.395. The Morgan fingerprint density at radius 1 is 1.45 bits per heavy atom. The molecule has 1 saturated heterocycles. The molecular weight excluding hydrogens is 302 g/mol. The number of hydrogen-bond acceptors (Lipinski definition) is 5. The topological polar surface area (TPSA) is 90.6 Å². The molecule has 0 amide bonds. The molecule has 20 heavy (non-hydrogen) atoms. The number of rotatable bonds is 3. The Morgan fingerprint density at radius 3 is 2.85 bits per heavy atom. The second-order valence-electron chi connectivity index (χ2n) is 4.22. The molecular formula is C12H10ClN3O3S. The van der Waals surface area contributed by atoms with Crippen molar-refractivity contribution in [3.05, 3.63) is 28.8 Å². The van der Waals surface area contributed by atoms with E-state index in [1.165, 1.54) is 24.3 Å². The molecule has 1 fully saturated rings. The van der Waals surface area contributed by atoms with Crippen molar-refractivity contribution < 1.29 is 13.2 Å². The van der Waals surface area contributed by atoms with Crippen LogP contribution in [0.2, 0.25) is 5.02 Å². The molecule has 1 heterocycles. The number of carbonyl (C=O) groups excluding carboxylic acids is 1. The van der Waals surface area contributed by atoms with Crippen LogP contribution in [-0.4, -0.2) is 31.5 Å². The number of isocyanates is 1. The summed E-state index contributed by atoms with van der Waals surface area (Å²) < 4.78 is 26.2. The fourth-order valence-corrected chi connectivity index (χ4v) is 4.19. The van der Waals surface area contributed by atoms with Gasteiger partial charge in [-0.2, -0.15) is 14.6 Å². The zero-order valence-electron chi connectivity index (χ0n) is 10.3. The molecule has 0 aromatic heterocycles. The summed E-state index contributed by atoms with van der Waals surface area (Å²) in [6, 6.07) is 5.89. The fourth-order valence-electron chi connectivity index (χ4n) is 2.09. The lowest BCUT2D eigenvalue weighted by atomic mass is 10.2. The van der Waals surface area contributed by atoms with Gasteiger partial charge in [-0.1, -0.05) is 11.6 Å². The molecule has 0 spiro atoms. The van der Waals surface area contributed by atoms with Gasteiger partial charge in [0.2, 0.25) is 16.1 Å². The lowest BCUT2D eigenvalue weighted by Gasteiger charge is -2.20. The monoisotopic (exact) mass is 311 g/mol. The first-order chi connectivity index (χ1) is 9.50. The zero-order valence-corrected chi connectivity index (χ0v) is 11.9. The molecule has 0 N–H and O–H groups in total. The molecule has 0 radical (unpaired) electrons. The van der Waals surface area contributed by atoms with Crippen molar-refractivity contribution in [2.24, 2.45) is 4.99 Å². The SMILES string of the molecule is N#Cc1ccc(Cl)c(S(=O)(=O)N2CCCC2N=C=O)c1. The molecule has 1 unspecified atom stereocenters. The minimum absolute atomic E-state index is 0.0322. The molecule has 1 aromatic carbocycles. The summed E-state index contributed by atoms with van der Waals surface area (Å²) in [4.78, 5) is 13.7. The summed E-state index contributed by atoms with van der Waals surface area (Å²) in [5.41, 5.74) is 0.197. The highest BCUT2D eigenvalue weighted by atomic mass is 35.5. The van der Waals surface area contributed by atoms with Crippen LogP contribution in [0, 0.1) is 11.3 Å². The molecule has 1 aromatic rings. The van der Waals surface area contributed by atoms with Crippen LogP contribution in [0.5, 0.6) is 0 Å². The van der Waals surface area contributed by atoms with Crippen molar-refractivity contribution in [2.45, 2.75) is 23.9 Å². The van der Waals surface area contributed by atoms with Gasteiger partial charge in [0, 0.05) is 6.54 Å². The maximum Gasteiger partial charge on any atom is 0.246 e. The molecule has 0 bridgehead atoms. The molecule has 2 rings (SSSR count). The summed E-state index contributed by atoms with van der Waals surface area (Å²) in [6.45, 7) is 0.255. The predicted molar refractivity (Wildman–Crippen MR) is 71.2 cm³/mol. The van der Waals surface area contributed by atoms with E-state index in [1.807, 2.05) is 6.07 Å². The van der Waals surface area contributed by atoms with Crippen molar-refractivity contribution in [2.75, 3.05) is 6.54 Å². The van der Waals surface area contributed by atoms with E-state index in [2.05, 4.69) is 4.99 Å². The van der Waals surface area contributed by atoms with Gasteiger partial charge in [-0.25, -0.2) is 13.2 Å². The van der Waals surface area contributed by atoms with Gasteiger partial charge in [0.15, 0.2) is 0 Å². The van der Waals surface area contributed by atoms with Crippen molar-refractivity contribution in [1.29, 1.82) is 5.26 Å². The van der Waals surface area contributed by atoms with Crippen molar-refractivity contribution in [3.63, 3.8) is 0 Å². The van der Waals surface area contributed by atoms with E-state index in [4.69, 9.17) is 16.9 Å². The van der Waals surface area contributed by atoms with Crippen LogP contribution in [0.1, 0.15) is 18.4 Å². The Morgan fingerprint density at radius 2 is 2.20 bits per heavy atom. The number of hydrogen-bond donors (Lipinski definition) is 0. The van der Waals surface area contributed by atoms with Crippen molar-refractivity contribution in [3.8, 4) is 6.07 Å². The number of benzene rings is 1. The standard InChI is InChI=1S/C12H10ClN3O3S/c13-10-4-3-9(7-14)6-11(10)20(18,19)16-5-1-2-12(16)15-8-17/h3-4,6,12H,1-2,5H2. The van der Waals surface area contributed by atoms with E-state index < -0.39 is 16.2 Å². The highest BCUT2D eigenvalue weighted by molar-refractivity contribution is 7.89. The van der Waals surface area contributed by atoms with Gasteiger partial charge in [-0.05, 0) is 31.0 Å². The van der Waals surface area contributed by atoms with E-state index >= 15 is 0 Å². The van der Waals surface area contributed by atoms with Crippen LogP contribution in [-0.2, 0) is 14.8 Å². The van der Waals surface area contributed by atoms with Crippen LogP contribution in [0.15, 0.2) is 28.1 Å². The molecule has 1 aliphatic rings. The first-order valence-electron chi connectivity index (χ1n) is 5.79. The van der Waals surface area contributed by atoms with Crippen LogP contribution < -0.4 is 0 Å². The Kier molecular flexibility index (Phi) is 4.21. The Labute approximate surface area is 121 Å². The molecule has 1 atom stereocenters. The quantitative estimate of drug-likeness (QED) is 0.627. The zero-order chi connectivity index (χ0) is 14.8. The minimum Gasteiger partial charge on any atom is -0.211 e.